The van der Waals surface area contributed by atoms with Gasteiger partial charge in [-0.25, -0.2) is 0 Å². The molecule has 3 atom stereocenters. The molecule has 1 heterocycles. The Morgan fingerprint density at radius 1 is 1.71 bits per heavy atom. The van der Waals surface area contributed by atoms with Crippen LogP contribution < -0.4 is 5.73 Å². The quantitative estimate of drug-likeness (QED) is 0.598. The SMILES string of the molecule is CC1CN(C(=O)[C@H](C)N)CC(CO)O1. The van der Waals surface area contributed by atoms with Gasteiger partial charge in [-0.3, -0.25) is 4.79 Å². The molecular formula is C9H18N2O3. The highest BCUT2D eigenvalue weighted by atomic mass is 16.5. The number of amides is 1. The minimum Gasteiger partial charge on any atom is -0.394 e. The molecule has 1 rings (SSSR count). The molecule has 1 aliphatic rings. The molecule has 1 saturated heterocycles. The smallest absolute Gasteiger partial charge is 0.239 e. The summed E-state index contributed by atoms with van der Waals surface area (Å²) in [6.45, 7) is 4.46. The topological polar surface area (TPSA) is 75.8 Å². The molecule has 0 aromatic heterocycles. The normalized spacial score (nSPS) is 30.1. The summed E-state index contributed by atoms with van der Waals surface area (Å²) < 4.78 is 5.41. The van der Waals surface area contributed by atoms with E-state index in [2.05, 4.69) is 0 Å². The zero-order valence-corrected chi connectivity index (χ0v) is 8.64. The molecule has 2 unspecified atom stereocenters. The van der Waals surface area contributed by atoms with Gasteiger partial charge in [0.1, 0.15) is 0 Å². The van der Waals surface area contributed by atoms with Crippen LogP contribution in [0, 0.1) is 0 Å². The Kier molecular flexibility index (Phi) is 3.86. The maximum absolute atomic E-state index is 11.6. The van der Waals surface area contributed by atoms with Crippen LogP contribution in [0.1, 0.15) is 13.8 Å². The van der Waals surface area contributed by atoms with Gasteiger partial charge in [0.25, 0.3) is 0 Å². The summed E-state index contributed by atoms with van der Waals surface area (Å²) in [6.07, 6.45) is -0.315. The van der Waals surface area contributed by atoms with Gasteiger partial charge >= 0.3 is 0 Å². The van der Waals surface area contributed by atoms with Gasteiger partial charge in [-0.05, 0) is 13.8 Å². The third-order valence-corrected chi connectivity index (χ3v) is 2.23. The van der Waals surface area contributed by atoms with Crippen molar-refractivity contribution in [3.8, 4) is 0 Å². The summed E-state index contributed by atoms with van der Waals surface area (Å²) in [7, 11) is 0. The average molecular weight is 202 g/mol. The van der Waals surface area contributed by atoms with Gasteiger partial charge < -0.3 is 20.5 Å². The van der Waals surface area contributed by atoms with E-state index in [-0.39, 0.29) is 24.7 Å². The van der Waals surface area contributed by atoms with Crippen molar-refractivity contribution in [1.82, 2.24) is 4.90 Å². The predicted octanol–water partition coefficient (Wildman–Crippen LogP) is -1.06. The third kappa shape index (κ3) is 2.67. The molecule has 82 valence electrons. The lowest BCUT2D eigenvalue weighted by molar-refractivity contribution is -0.148. The molecule has 5 nitrogen and oxygen atoms in total. The van der Waals surface area contributed by atoms with E-state index in [1.165, 1.54) is 0 Å². The van der Waals surface area contributed by atoms with E-state index < -0.39 is 6.04 Å². The molecule has 1 fully saturated rings. The van der Waals surface area contributed by atoms with Crippen molar-refractivity contribution in [2.75, 3.05) is 19.7 Å². The molecule has 0 aliphatic carbocycles. The maximum atomic E-state index is 11.6. The summed E-state index contributed by atoms with van der Waals surface area (Å²) in [6, 6.07) is -0.486. The number of nitrogens with zero attached hydrogens (tertiary/aromatic N) is 1. The molecule has 0 aromatic carbocycles. The maximum Gasteiger partial charge on any atom is 0.239 e. The first-order valence-corrected chi connectivity index (χ1v) is 4.85. The molecule has 1 aliphatic heterocycles. The van der Waals surface area contributed by atoms with Crippen molar-refractivity contribution in [3.05, 3.63) is 0 Å². The first kappa shape index (κ1) is 11.4. The Morgan fingerprint density at radius 2 is 2.36 bits per heavy atom. The van der Waals surface area contributed by atoms with E-state index in [1.54, 1.807) is 11.8 Å². The zero-order chi connectivity index (χ0) is 10.7. The molecule has 0 saturated carbocycles. The molecule has 5 heteroatoms. The Bertz CT molecular complexity index is 208. The highest BCUT2D eigenvalue weighted by Crippen LogP contribution is 2.11. The van der Waals surface area contributed by atoms with Gasteiger partial charge in [-0.2, -0.15) is 0 Å². The van der Waals surface area contributed by atoms with Crippen molar-refractivity contribution in [2.24, 2.45) is 5.73 Å². The minimum absolute atomic E-state index is 0.0383. The van der Waals surface area contributed by atoms with Crippen LogP contribution in [0.5, 0.6) is 0 Å². The highest BCUT2D eigenvalue weighted by molar-refractivity contribution is 5.81. The second kappa shape index (κ2) is 4.72. The number of nitrogens with two attached hydrogens (primary N) is 1. The summed E-state index contributed by atoms with van der Waals surface area (Å²) in [5.41, 5.74) is 5.50. The average Bonchev–Trinajstić information content (AvgIpc) is 2.15. The van der Waals surface area contributed by atoms with Gasteiger partial charge in [0.15, 0.2) is 0 Å². The predicted molar refractivity (Wildman–Crippen MR) is 51.7 cm³/mol. The van der Waals surface area contributed by atoms with Crippen LogP contribution in [0.2, 0.25) is 0 Å². The summed E-state index contributed by atoms with van der Waals surface area (Å²) in [5.74, 6) is -0.0846. The van der Waals surface area contributed by atoms with Crippen LogP contribution in [0.15, 0.2) is 0 Å². The van der Waals surface area contributed by atoms with Gasteiger partial charge in [-0.1, -0.05) is 0 Å². The number of ether oxygens (including phenoxy) is 1. The van der Waals surface area contributed by atoms with Gasteiger partial charge in [-0.15, -0.1) is 0 Å². The molecule has 0 bridgehead atoms. The molecule has 3 N–H and O–H groups in total. The second-order valence-corrected chi connectivity index (χ2v) is 3.78. The van der Waals surface area contributed by atoms with Crippen LogP contribution >= 0.6 is 0 Å². The second-order valence-electron chi connectivity index (χ2n) is 3.78. The Morgan fingerprint density at radius 3 is 2.86 bits per heavy atom. The lowest BCUT2D eigenvalue weighted by Crippen LogP contribution is -2.53. The number of morpholine rings is 1. The van der Waals surface area contributed by atoms with Crippen molar-refractivity contribution in [1.29, 1.82) is 0 Å². The Balaban J connectivity index is 2.57. The molecule has 0 spiro atoms. The fourth-order valence-corrected chi connectivity index (χ4v) is 1.61. The van der Waals surface area contributed by atoms with E-state index >= 15 is 0 Å². The van der Waals surface area contributed by atoms with Crippen molar-refractivity contribution < 1.29 is 14.6 Å². The fraction of sp³-hybridized carbons (Fsp3) is 0.889. The molecule has 0 aromatic rings. The van der Waals surface area contributed by atoms with Crippen molar-refractivity contribution in [2.45, 2.75) is 32.1 Å². The highest BCUT2D eigenvalue weighted by Gasteiger charge is 2.28. The lowest BCUT2D eigenvalue weighted by atomic mass is 10.2. The number of aliphatic hydroxyl groups is 1. The number of hydrogen-bond acceptors (Lipinski definition) is 4. The number of hydrogen-bond donors (Lipinski definition) is 2. The summed E-state index contributed by atoms with van der Waals surface area (Å²) in [5, 5.41) is 8.95. The molecular weight excluding hydrogens is 184 g/mol. The lowest BCUT2D eigenvalue weighted by Gasteiger charge is -2.36. The van der Waals surface area contributed by atoms with Crippen LogP contribution in [0.25, 0.3) is 0 Å². The number of carbonyl (C=O) groups excluding carboxylic acids is 1. The first-order valence-electron chi connectivity index (χ1n) is 4.85. The van der Waals surface area contributed by atoms with E-state index in [4.69, 9.17) is 15.6 Å². The van der Waals surface area contributed by atoms with Gasteiger partial charge in [0.05, 0.1) is 24.9 Å². The van der Waals surface area contributed by atoms with Gasteiger partial charge in [0.2, 0.25) is 5.91 Å². The minimum atomic E-state index is -0.486. The standard InChI is InChI=1S/C9H18N2O3/c1-6-3-11(9(13)7(2)10)4-8(5-12)14-6/h6-8,12H,3-5,10H2,1-2H3/t6?,7-,8?/m0/s1. The Labute approximate surface area is 83.8 Å². The molecule has 1 amide bonds. The van der Waals surface area contributed by atoms with E-state index in [9.17, 15) is 4.79 Å². The third-order valence-electron chi connectivity index (χ3n) is 2.23. The van der Waals surface area contributed by atoms with E-state index in [1.807, 2.05) is 6.92 Å². The van der Waals surface area contributed by atoms with Crippen molar-refractivity contribution in [3.63, 3.8) is 0 Å². The number of carbonyl (C=O) groups is 1. The van der Waals surface area contributed by atoms with Crippen LogP contribution in [-0.2, 0) is 9.53 Å². The fourth-order valence-electron chi connectivity index (χ4n) is 1.61. The summed E-state index contributed by atoms with van der Waals surface area (Å²) >= 11 is 0. The monoisotopic (exact) mass is 202 g/mol. The summed E-state index contributed by atoms with van der Waals surface area (Å²) in [4.78, 5) is 13.2. The molecule has 0 radical (unpaired) electrons. The van der Waals surface area contributed by atoms with Crippen LogP contribution in [0.4, 0.5) is 0 Å². The van der Waals surface area contributed by atoms with E-state index in [0.717, 1.165) is 0 Å². The Hall–Kier alpha value is -0.650. The van der Waals surface area contributed by atoms with E-state index in [0.29, 0.717) is 13.1 Å². The van der Waals surface area contributed by atoms with Crippen LogP contribution in [0.3, 0.4) is 0 Å². The first-order chi connectivity index (χ1) is 6.54. The number of rotatable bonds is 2. The van der Waals surface area contributed by atoms with Gasteiger partial charge in [0, 0.05) is 13.1 Å². The van der Waals surface area contributed by atoms with Crippen molar-refractivity contribution >= 4 is 5.91 Å². The largest absolute Gasteiger partial charge is 0.394 e. The molecule has 14 heavy (non-hydrogen) atoms. The zero-order valence-electron chi connectivity index (χ0n) is 8.64. The number of aliphatic hydroxyl groups excluding tert-OH is 1. The van der Waals surface area contributed by atoms with Crippen LogP contribution in [-0.4, -0.2) is 53.9 Å².